The molecule has 1 aliphatic rings. The highest BCUT2D eigenvalue weighted by Crippen LogP contribution is 2.35. The van der Waals surface area contributed by atoms with Crippen LogP contribution in [0.25, 0.3) is 0 Å². The van der Waals surface area contributed by atoms with E-state index in [4.69, 9.17) is 11.6 Å². The molecule has 0 fully saturated rings. The maximum absolute atomic E-state index is 12.4. The molecule has 2 aromatic rings. The SMILES string of the molecule is Cc1ccc(Cl)cc1NC(=O)CSC1=C(C#N)[C@@H](c2ccccc2)CC(=O)N1. The molecule has 0 spiro atoms. The molecule has 7 heteroatoms. The van der Waals surface area contributed by atoms with E-state index in [9.17, 15) is 14.9 Å². The van der Waals surface area contributed by atoms with Crippen molar-refractivity contribution in [3.8, 4) is 6.07 Å². The monoisotopic (exact) mass is 411 g/mol. The van der Waals surface area contributed by atoms with Crippen molar-refractivity contribution in [1.82, 2.24) is 5.32 Å². The third kappa shape index (κ3) is 4.75. The second kappa shape index (κ2) is 8.96. The number of rotatable bonds is 5. The van der Waals surface area contributed by atoms with Gasteiger partial charge in [0.05, 0.1) is 22.4 Å². The summed E-state index contributed by atoms with van der Waals surface area (Å²) in [7, 11) is 0. The average Bonchev–Trinajstić information content (AvgIpc) is 2.69. The van der Waals surface area contributed by atoms with Crippen LogP contribution >= 0.6 is 23.4 Å². The number of nitrogens with zero attached hydrogens (tertiary/aromatic N) is 1. The second-order valence-electron chi connectivity index (χ2n) is 6.37. The fourth-order valence-corrected chi connectivity index (χ4v) is 4.01. The first-order valence-corrected chi connectivity index (χ1v) is 10.0. The number of thioether (sulfide) groups is 1. The van der Waals surface area contributed by atoms with Crippen LogP contribution in [-0.2, 0) is 9.59 Å². The number of carbonyl (C=O) groups excluding carboxylic acids is 2. The molecule has 28 heavy (non-hydrogen) atoms. The van der Waals surface area contributed by atoms with E-state index in [0.29, 0.717) is 21.3 Å². The summed E-state index contributed by atoms with van der Waals surface area (Å²) in [5.74, 6) is -0.646. The summed E-state index contributed by atoms with van der Waals surface area (Å²) < 4.78 is 0. The van der Waals surface area contributed by atoms with Crippen molar-refractivity contribution in [1.29, 1.82) is 5.26 Å². The molecule has 142 valence electrons. The molecular formula is C21H18ClN3O2S. The lowest BCUT2D eigenvalue weighted by atomic mass is 9.87. The smallest absolute Gasteiger partial charge is 0.234 e. The van der Waals surface area contributed by atoms with E-state index in [-0.39, 0.29) is 29.9 Å². The van der Waals surface area contributed by atoms with Gasteiger partial charge in [-0.15, -0.1) is 0 Å². The quantitative estimate of drug-likeness (QED) is 0.765. The van der Waals surface area contributed by atoms with E-state index in [1.807, 2.05) is 43.3 Å². The lowest BCUT2D eigenvalue weighted by Gasteiger charge is -2.25. The number of allylic oxidation sites excluding steroid dienone is 1. The van der Waals surface area contributed by atoms with Crippen LogP contribution < -0.4 is 10.6 Å². The van der Waals surface area contributed by atoms with Gasteiger partial charge in [0, 0.05) is 23.0 Å². The summed E-state index contributed by atoms with van der Waals surface area (Å²) in [6, 6.07) is 16.9. The normalized spacial score (nSPS) is 16.3. The summed E-state index contributed by atoms with van der Waals surface area (Å²) >= 11 is 7.13. The van der Waals surface area contributed by atoms with Crippen molar-refractivity contribution in [2.75, 3.05) is 11.1 Å². The zero-order valence-corrected chi connectivity index (χ0v) is 16.7. The van der Waals surface area contributed by atoms with Crippen molar-refractivity contribution >= 4 is 40.9 Å². The van der Waals surface area contributed by atoms with E-state index >= 15 is 0 Å². The van der Waals surface area contributed by atoms with Gasteiger partial charge >= 0.3 is 0 Å². The fourth-order valence-electron chi connectivity index (χ4n) is 2.96. The highest BCUT2D eigenvalue weighted by atomic mass is 35.5. The molecule has 0 radical (unpaired) electrons. The van der Waals surface area contributed by atoms with Gasteiger partial charge in [-0.3, -0.25) is 9.59 Å². The minimum atomic E-state index is -0.305. The zero-order chi connectivity index (χ0) is 20.1. The number of hydrogen-bond acceptors (Lipinski definition) is 4. The Kier molecular flexibility index (Phi) is 6.40. The lowest BCUT2D eigenvalue weighted by molar-refractivity contribution is -0.121. The summed E-state index contributed by atoms with van der Waals surface area (Å²) in [5.41, 5.74) is 2.92. The highest BCUT2D eigenvalue weighted by molar-refractivity contribution is 8.03. The Balaban J connectivity index is 1.75. The predicted octanol–water partition coefficient (Wildman–Crippen LogP) is 4.36. The molecule has 0 saturated carbocycles. The molecule has 0 unspecified atom stereocenters. The Morgan fingerprint density at radius 2 is 2.07 bits per heavy atom. The highest BCUT2D eigenvalue weighted by Gasteiger charge is 2.29. The Labute approximate surface area is 172 Å². The van der Waals surface area contributed by atoms with E-state index in [2.05, 4.69) is 16.7 Å². The van der Waals surface area contributed by atoms with Gasteiger partial charge in [-0.05, 0) is 30.2 Å². The summed E-state index contributed by atoms with van der Waals surface area (Å²) in [6.07, 6.45) is 0.213. The van der Waals surface area contributed by atoms with Crippen LogP contribution in [0.4, 0.5) is 5.69 Å². The van der Waals surface area contributed by atoms with Gasteiger partial charge in [0.25, 0.3) is 0 Å². The molecule has 1 heterocycles. The number of amides is 2. The molecular weight excluding hydrogens is 394 g/mol. The van der Waals surface area contributed by atoms with Crippen molar-refractivity contribution < 1.29 is 9.59 Å². The number of carbonyl (C=O) groups is 2. The molecule has 0 saturated heterocycles. The van der Waals surface area contributed by atoms with Crippen LogP contribution in [0.15, 0.2) is 59.1 Å². The first-order chi connectivity index (χ1) is 13.5. The van der Waals surface area contributed by atoms with Crippen LogP contribution in [0.3, 0.4) is 0 Å². The number of halogens is 1. The third-order valence-electron chi connectivity index (χ3n) is 4.38. The van der Waals surface area contributed by atoms with Crippen molar-refractivity contribution in [2.45, 2.75) is 19.3 Å². The van der Waals surface area contributed by atoms with Gasteiger partial charge < -0.3 is 10.6 Å². The number of nitrogens with one attached hydrogen (secondary N) is 2. The van der Waals surface area contributed by atoms with Gasteiger partial charge in [-0.25, -0.2) is 0 Å². The summed E-state index contributed by atoms with van der Waals surface area (Å²) in [6.45, 7) is 1.88. The molecule has 0 aliphatic carbocycles. The fraction of sp³-hybridized carbons (Fsp3) is 0.190. The maximum Gasteiger partial charge on any atom is 0.234 e. The molecule has 3 rings (SSSR count). The zero-order valence-electron chi connectivity index (χ0n) is 15.2. The second-order valence-corrected chi connectivity index (χ2v) is 7.79. The van der Waals surface area contributed by atoms with Gasteiger partial charge in [-0.1, -0.05) is 59.8 Å². The summed E-state index contributed by atoms with van der Waals surface area (Å²) in [5, 5.41) is 16.2. The number of hydrogen-bond donors (Lipinski definition) is 2. The summed E-state index contributed by atoms with van der Waals surface area (Å²) in [4.78, 5) is 24.5. The first-order valence-electron chi connectivity index (χ1n) is 8.66. The number of anilines is 1. The van der Waals surface area contributed by atoms with E-state index in [1.54, 1.807) is 12.1 Å². The van der Waals surface area contributed by atoms with Gasteiger partial charge in [0.2, 0.25) is 11.8 Å². The average molecular weight is 412 g/mol. The van der Waals surface area contributed by atoms with Gasteiger partial charge in [-0.2, -0.15) is 5.26 Å². The van der Waals surface area contributed by atoms with E-state index < -0.39 is 0 Å². The molecule has 5 nitrogen and oxygen atoms in total. The van der Waals surface area contributed by atoms with Crippen LogP contribution in [-0.4, -0.2) is 17.6 Å². The molecule has 0 aromatic heterocycles. The van der Waals surface area contributed by atoms with E-state index in [0.717, 1.165) is 22.9 Å². The lowest BCUT2D eigenvalue weighted by Crippen LogP contribution is -2.31. The molecule has 2 N–H and O–H groups in total. The largest absolute Gasteiger partial charge is 0.325 e. The number of nitriles is 1. The predicted molar refractivity (Wildman–Crippen MR) is 112 cm³/mol. The minimum absolute atomic E-state index is 0.0637. The van der Waals surface area contributed by atoms with Gasteiger partial charge in [0.15, 0.2) is 0 Å². The van der Waals surface area contributed by atoms with E-state index in [1.165, 1.54) is 0 Å². The molecule has 2 amide bonds. The Morgan fingerprint density at radius 3 is 2.79 bits per heavy atom. The maximum atomic E-state index is 12.4. The third-order valence-corrected chi connectivity index (χ3v) is 5.63. The standard InChI is InChI=1S/C21H18ClN3O2S/c1-13-7-8-15(22)9-18(13)24-20(27)12-28-21-17(11-23)16(10-19(26)25-21)14-5-3-2-4-6-14/h2-9,16H,10,12H2,1H3,(H,24,27)(H,25,26)/t16-/m1/s1. The van der Waals surface area contributed by atoms with Crippen molar-refractivity contribution in [2.24, 2.45) is 0 Å². The topological polar surface area (TPSA) is 82.0 Å². The number of benzene rings is 2. The van der Waals surface area contributed by atoms with Crippen molar-refractivity contribution in [3.05, 3.63) is 75.3 Å². The molecule has 2 aromatic carbocycles. The van der Waals surface area contributed by atoms with Gasteiger partial charge in [0.1, 0.15) is 0 Å². The Bertz CT molecular complexity index is 983. The minimum Gasteiger partial charge on any atom is -0.325 e. The Morgan fingerprint density at radius 1 is 1.32 bits per heavy atom. The number of aryl methyl sites for hydroxylation is 1. The van der Waals surface area contributed by atoms with Crippen molar-refractivity contribution in [3.63, 3.8) is 0 Å². The van der Waals surface area contributed by atoms with Crippen LogP contribution in [0.1, 0.15) is 23.5 Å². The Hall–Kier alpha value is -2.75. The molecule has 1 atom stereocenters. The first kappa shape index (κ1) is 20.0. The molecule has 1 aliphatic heterocycles. The van der Waals surface area contributed by atoms with Crippen LogP contribution in [0.2, 0.25) is 5.02 Å². The van der Waals surface area contributed by atoms with Crippen LogP contribution in [0.5, 0.6) is 0 Å². The molecule has 0 bridgehead atoms. The van der Waals surface area contributed by atoms with Crippen LogP contribution in [0, 0.1) is 18.3 Å².